The first-order valence-electron chi connectivity index (χ1n) is 6.66. The number of aliphatic hydroxyl groups is 1. The van der Waals surface area contributed by atoms with E-state index in [0.29, 0.717) is 18.0 Å². The molecule has 3 atom stereocenters. The number of rotatable bonds is 5. The van der Waals surface area contributed by atoms with E-state index in [-0.39, 0.29) is 6.10 Å². The zero-order chi connectivity index (χ0) is 12.1. The molecule has 3 unspecified atom stereocenters. The van der Waals surface area contributed by atoms with Crippen LogP contribution in [0.4, 0.5) is 0 Å². The zero-order valence-electron chi connectivity index (χ0n) is 11.2. The Morgan fingerprint density at radius 2 is 2.06 bits per heavy atom. The van der Waals surface area contributed by atoms with Crippen molar-refractivity contribution in [1.82, 2.24) is 10.2 Å². The normalized spacial score (nSPS) is 29.6. The molecule has 3 nitrogen and oxygen atoms in total. The van der Waals surface area contributed by atoms with E-state index in [4.69, 9.17) is 0 Å². The van der Waals surface area contributed by atoms with Gasteiger partial charge in [-0.15, -0.1) is 0 Å². The molecule has 0 aromatic carbocycles. The summed E-state index contributed by atoms with van der Waals surface area (Å²) in [6.45, 7) is 8.86. The van der Waals surface area contributed by atoms with Crippen LogP contribution in [0, 0.1) is 5.92 Å². The lowest BCUT2D eigenvalue weighted by molar-refractivity contribution is 0.0711. The lowest BCUT2D eigenvalue weighted by Gasteiger charge is -2.40. The van der Waals surface area contributed by atoms with Crippen molar-refractivity contribution in [2.24, 2.45) is 5.92 Å². The van der Waals surface area contributed by atoms with Gasteiger partial charge in [0.05, 0.1) is 6.10 Å². The molecule has 0 aromatic heterocycles. The van der Waals surface area contributed by atoms with Crippen molar-refractivity contribution in [3.63, 3.8) is 0 Å². The number of piperidine rings is 1. The molecule has 1 aliphatic heterocycles. The minimum absolute atomic E-state index is 0.116. The number of hydrogen-bond acceptors (Lipinski definition) is 3. The van der Waals surface area contributed by atoms with Crippen molar-refractivity contribution >= 4 is 0 Å². The SMILES string of the molecule is CCC(O)CC1CC(NC)CN(C(C)C)C1. The van der Waals surface area contributed by atoms with Crippen LogP contribution in [-0.4, -0.2) is 48.3 Å². The molecule has 1 rings (SSSR count). The number of nitrogens with zero attached hydrogens (tertiary/aromatic N) is 1. The van der Waals surface area contributed by atoms with Crippen LogP contribution in [0.15, 0.2) is 0 Å². The fraction of sp³-hybridized carbons (Fsp3) is 1.00. The maximum absolute atomic E-state index is 9.76. The highest BCUT2D eigenvalue weighted by Crippen LogP contribution is 2.23. The topological polar surface area (TPSA) is 35.5 Å². The number of nitrogens with one attached hydrogen (secondary N) is 1. The molecule has 0 saturated carbocycles. The summed E-state index contributed by atoms with van der Waals surface area (Å²) in [5, 5.41) is 13.1. The summed E-state index contributed by atoms with van der Waals surface area (Å²) in [6.07, 6.45) is 2.92. The summed E-state index contributed by atoms with van der Waals surface area (Å²) in [5.74, 6) is 0.642. The van der Waals surface area contributed by atoms with Crippen molar-refractivity contribution in [2.45, 2.75) is 58.2 Å². The first kappa shape index (κ1) is 13.9. The summed E-state index contributed by atoms with van der Waals surface area (Å²) in [5.41, 5.74) is 0. The molecule has 0 bridgehead atoms. The van der Waals surface area contributed by atoms with E-state index in [1.54, 1.807) is 0 Å². The van der Waals surface area contributed by atoms with E-state index < -0.39 is 0 Å². The van der Waals surface area contributed by atoms with E-state index in [1.165, 1.54) is 6.42 Å². The predicted molar refractivity (Wildman–Crippen MR) is 68.6 cm³/mol. The molecular formula is C13H28N2O. The van der Waals surface area contributed by atoms with Gasteiger partial charge in [-0.3, -0.25) is 4.90 Å². The molecule has 2 N–H and O–H groups in total. The van der Waals surface area contributed by atoms with Crippen molar-refractivity contribution < 1.29 is 5.11 Å². The van der Waals surface area contributed by atoms with Crippen molar-refractivity contribution in [2.75, 3.05) is 20.1 Å². The molecule has 0 radical (unpaired) electrons. The quantitative estimate of drug-likeness (QED) is 0.748. The van der Waals surface area contributed by atoms with Crippen LogP contribution in [0.3, 0.4) is 0 Å². The molecule has 0 amide bonds. The van der Waals surface area contributed by atoms with Gasteiger partial charge < -0.3 is 10.4 Å². The van der Waals surface area contributed by atoms with Gasteiger partial charge in [0, 0.05) is 25.2 Å². The fourth-order valence-electron chi connectivity index (χ4n) is 2.59. The number of likely N-dealkylation sites (tertiary alicyclic amines) is 1. The Bertz CT molecular complexity index is 194. The third-order valence-electron chi connectivity index (χ3n) is 3.78. The summed E-state index contributed by atoms with van der Waals surface area (Å²) in [7, 11) is 2.04. The van der Waals surface area contributed by atoms with Crippen LogP contribution in [0.2, 0.25) is 0 Å². The third-order valence-corrected chi connectivity index (χ3v) is 3.78. The van der Waals surface area contributed by atoms with Crippen LogP contribution in [0.5, 0.6) is 0 Å². The Balaban J connectivity index is 2.50. The summed E-state index contributed by atoms with van der Waals surface area (Å²) in [4.78, 5) is 2.53. The smallest absolute Gasteiger partial charge is 0.0540 e. The fourth-order valence-corrected chi connectivity index (χ4v) is 2.59. The molecule has 0 aliphatic carbocycles. The van der Waals surface area contributed by atoms with Crippen LogP contribution in [-0.2, 0) is 0 Å². The van der Waals surface area contributed by atoms with Crippen LogP contribution >= 0.6 is 0 Å². The lowest BCUT2D eigenvalue weighted by atomic mass is 9.88. The van der Waals surface area contributed by atoms with Crippen LogP contribution in [0.1, 0.15) is 40.0 Å². The second-order valence-corrected chi connectivity index (χ2v) is 5.43. The number of hydrogen-bond donors (Lipinski definition) is 2. The minimum atomic E-state index is -0.116. The predicted octanol–water partition coefficient (Wildman–Crippen LogP) is 1.47. The molecule has 1 aliphatic rings. The average molecular weight is 228 g/mol. The largest absolute Gasteiger partial charge is 0.393 e. The number of aliphatic hydroxyl groups excluding tert-OH is 1. The summed E-state index contributed by atoms with van der Waals surface area (Å²) < 4.78 is 0. The summed E-state index contributed by atoms with van der Waals surface area (Å²) in [6, 6.07) is 1.20. The zero-order valence-corrected chi connectivity index (χ0v) is 11.2. The first-order chi connectivity index (χ1) is 7.56. The molecule has 0 aromatic rings. The van der Waals surface area contributed by atoms with Crippen LogP contribution < -0.4 is 5.32 Å². The second-order valence-electron chi connectivity index (χ2n) is 5.43. The second kappa shape index (κ2) is 6.58. The van der Waals surface area contributed by atoms with Gasteiger partial charge >= 0.3 is 0 Å². The highest BCUT2D eigenvalue weighted by atomic mass is 16.3. The van der Waals surface area contributed by atoms with Gasteiger partial charge in [-0.1, -0.05) is 6.92 Å². The molecule has 3 heteroatoms. The average Bonchev–Trinajstić information content (AvgIpc) is 2.28. The maximum Gasteiger partial charge on any atom is 0.0540 e. The minimum Gasteiger partial charge on any atom is -0.393 e. The van der Waals surface area contributed by atoms with Gasteiger partial charge in [0.25, 0.3) is 0 Å². The Hall–Kier alpha value is -0.120. The highest BCUT2D eigenvalue weighted by Gasteiger charge is 2.28. The maximum atomic E-state index is 9.76. The summed E-state index contributed by atoms with van der Waals surface area (Å²) >= 11 is 0. The van der Waals surface area contributed by atoms with Crippen LogP contribution in [0.25, 0.3) is 0 Å². The lowest BCUT2D eigenvalue weighted by Crippen LogP contribution is -2.51. The molecular weight excluding hydrogens is 200 g/mol. The van der Waals surface area contributed by atoms with Gasteiger partial charge in [0.15, 0.2) is 0 Å². The monoisotopic (exact) mass is 228 g/mol. The molecule has 0 spiro atoms. The Labute approximate surface area is 100 Å². The van der Waals surface area contributed by atoms with Crippen molar-refractivity contribution in [1.29, 1.82) is 0 Å². The molecule has 16 heavy (non-hydrogen) atoms. The van der Waals surface area contributed by atoms with E-state index >= 15 is 0 Å². The van der Waals surface area contributed by atoms with Crippen molar-refractivity contribution in [3.8, 4) is 0 Å². The molecule has 1 fully saturated rings. The standard InChI is InChI=1S/C13H28N2O/c1-5-13(16)7-11-6-12(14-4)9-15(8-11)10(2)3/h10-14,16H,5-9H2,1-4H3. The van der Waals surface area contributed by atoms with Gasteiger partial charge in [0.2, 0.25) is 0 Å². The Kier molecular flexibility index (Phi) is 5.73. The molecule has 1 heterocycles. The third kappa shape index (κ3) is 4.04. The highest BCUT2D eigenvalue weighted by molar-refractivity contribution is 4.85. The van der Waals surface area contributed by atoms with E-state index in [2.05, 4.69) is 31.0 Å². The number of likely N-dealkylation sites (N-methyl/N-ethyl adjacent to an activating group) is 1. The Morgan fingerprint density at radius 1 is 1.38 bits per heavy atom. The Morgan fingerprint density at radius 3 is 2.56 bits per heavy atom. The molecule has 1 saturated heterocycles. The van der Waals surface area contributed by atoms with Gasteiger partial charge in [-0.2, -0.15) is 0 Å². The van der Waals surface area contributed by atoms with E-state index in [1.807, 2.05) is 7.05 Å². The van der Waals surface area contributed by atoms with E-state index in [9.17, 15) is 5.11 Å². The van der Waals surface area contributed by atoms with Gasteiger partial charge in [-0.05, 0) is 46.1 Å². The van der Waals surface area contributed by atoms with Gasteiger partial charge in [-0.25, -0.2) is 0 Å². The molecule has 96 valence electrons. The van der Waals surface area contributed by atoms with Crippen molar-refractivity contribution in [3.05, 3.63) is 0 Å². The first-order valence-corrected chi connectivity index (χ1v) is 6.66. The van der Waals surface area contributed by atoms with Gasteiger partial charge in [0.1, 0.15) is 0 Å². The van der Waals surface area contributed by atoms with E-state index in [0.717, 1.165) is 25.9 Å².